The number of hydrogen-bond acceptors (Lipinski definition) is 5. The summed E-state index contributed by atoms with van der Waals surface area (Å²) in [4.78, 5) is 11.2. The van der Waals surface area contributed by atoms with Crippen molar-refractivity contribution in [3.05, 3.63) is 59.7 Å². The Balaban J connectivity index is 1.83. The van der Waals surface area contributed by atoms with Gasteiger partial charge in [-0.15, -0.1) is 0 Å². The summed E-state index contributed by atoms with van der Waals surface area (Å²) in [6.07, 6.45) is 1.56. The van der Waals surface area contributed by atoms with Crippen molar-refractivity contribution in [1.29, 1.82) is 0 Å². The maximum atomic E-state index is 12.8. The maximum absolute atomic E-state index is 12.8. The van der Waals surface area contributed by atoms with Gasteiger partial charge in [0.1, 0.15) is 4.90 Å². The first-order chi connectivity index (χ1) is 13.0. The number of carboxylic acid groups (broad SMARTS) is 1. The molecule has 0 radical (unpaired) electrons. The Kier molecular flexibility index (Phi) is 6.10. The van der Waals surface area contributed by atoms with E-state index in [-0.39, 0.29) is 23.1 Å². The van der Waals surface area contributed by atoms with Crippen molar-refractivity contribution < 1.29 is 23.1 Å². The molecule has 144 valence electrons. The van der Waals surface area contributed by atoms with E-state index >= 15 is 0 Å². The number of carbonyl (C=O) groups is 1. The predicted octanol–water partition coefficient (Wildman–Crippen LogP) is 2.45. The Morgan fingerprint density at radius 3 is 2.63 bits per heavy atom. The van der Waals surface area contributed by atoms with E-state index in [1.807, 2.05) is 30.3 Å². The second kappa shape index (κ2) is 8.51. The molecule has 1 aliphatic rings. The van der Waals surface area contributed by atoms with Gasteiger partial charge in [0, 0.05) is 19.7 Å². The number of rotatable bonds is 8. The Bertz CT molecular complexity index is 894. The van der Waals surface area contributed by atoms with Crippen LogP contribution in [0.15, 0.2) is 53.4 Å². The zero-order valence-electron chi connectivity index (χ0n) is 14.7. The highest BCUT2D eigenvalue weighted by Crippen LogP contribution is 2.24. The topological polar surface area (TPSA) is 105 Å². The first-order valence-electron chi connectivity index (χ1n) is 8.72. The smallest absolute Gasteiger partial charge is 0.335 e. The summed E-state index contributed by atoms with van der Waals surface area (Å²) in [7, 11) is -3.89. The third-order valence-electron chi connectivity index (χ3n) is 4.37. The molecular weight excluding hydrogens is 368 g/mol. The number of hydrogen-bond donors (Lipinski definition) is 3. The fourth-order valence-corrected chi connectivity index (χ4v) is 4.18. The van der Waals surface area contributed by atoms with Gasteiger partial charge in [0.25, 0.3) is 0 Å². The van der Waals surface area contributed by atoms with Crippen LogP contribution in [0.1, 0.15) is 28.8 Å². The molecule has 0 aliphatic carbocycles. The number of aromatic carboxylic acids is 1. The lowest BCUT2D eigenvalue weighted by Gasteiger charge is -2.16. The van der Waals surface area contributed by atoms with Gasteiger partial charge in [0.2, 0.25) is 10.0 Å². The quantitative estimate of drug-likeness (QED) is 0.640. The molecule has 1 atom stereocenters. The summed E-state index contributed by atoms with van der Waals surface area (Å²) in [6, 6.07) is 13.6. The van der Waals surface area contributed by atoms with Gasteiger partial charge in [-0.2, -0.15) is 0 Å². The van der Waals surface area contributed by atoms with Gasteiger partial charge in [-0.25, -0.2) is 17.9 Å². The van der Waals surface area contributed by atoms with Crippen LogP contribution in [0.3, 0.4) is 0 Å². The summed E-state index contributed by atoms with van der Waals surface area (Å²) in [5, 5.41) is 12.3. The van der Waals surface area contributed by atoms with Crippen LogP contribution in [0.25, 0.3) is 0 Å². The molecular formula is C19H22N2O5S. The summed E-state index contributed by atoms with van der Waals surface area (Å²) in [5.41, 5.74) is 1.25. The molecule has 1 fully saturated rings. The van der Waals surface area contributed by atoms with Gasteiger partial charge in [-0.1, -0.05) is 30.3 Å². The van der Waals surface area contributed by atoms with Crippen molar-refractivity contribution in [1.82, 2.24) is 4.72 Å². The lowest BCUT2D eigenvalue weighted by Crippen LogP contribution is -2.32. The third-order valence-corrected chi connectivity index (χ3v) is 5.83. The summed E-state index contributed by atoms with van der Waals surface area (Å²) in [5.74, 6) is -1.18. The van der Waals surface area contributed by atoms with E-state index < -0.39 is 16.0 Å². The van der Waals surface area contributed by atoms with E-state index in [1.54, 1.807) is 0 Å². The third kappa shape index (κ3) is 5.06. The second-order valence-corrected chi connectivity index (χ2v) is 8.08. The first-order valence-corrected chi connectivity index (χ1v) is 10.2. The molecule has 1 heterocycles. The van der Waals surface area contributed by atoms with Crippen LogP contribution in [-0.2, 0) is 21.3 Å². The summed E-state index contributed by atoms with van der Waals surface area (Å²) >= 11 is 0. The van der Waals surface area contributed by atoms with Crippen LogP contribution in [0.4, 0.5) is 5.69 Å². The van der Waals surface area contributed by atoms with Crippen LogP contribution >= 0.6 is 0 Å². The van der Waals surface area contributed by atoms with Crippen molar-refractivity contribution in [2.75, 3.05) is 18.5 Å². The molecule has 2 aromatic rings. The zero-order chi connectivity index (χ0) is 19.3. The highest BCUT2D eigenvalue weighted by Gasteiger charge is 2.23. The molecule has 0 spiro atoms. The highest BCUT2D eigenvalue weighted by molar-refractivity contribution is 7.89. The SMILES string of the molecule is O=C(O)c1ccc(NCc2ccccc2)c(S(=O)(=O)NC[C@@H]2CCCO2)c1. The van der Waals surface area contributed by atoms with E-state index in [9.17, 15) is 18.3 Å². The fourth-order valence-electron chi connectivity index (χ4n) is 2.90. The van der Waals surface area contributed by atoms with Gasteiger partial charge in [-0.05, 0) is 36.6 Å². The van der Waals surface area contributed by atoms with Crippen molar-refractivity contribution in [2.45, 2.75) is 30.4 Å². The Labute approximate surface area is 158 Å². The average Bonchev–Trinajstić information content (AvgIpc) is 3.19. The number of sulfonamides is 1. The monoisotopic (exact) mass is 390 g/mol. The molecule has 7 nitrogen and oxygen atoms in total. The van der Waals surface area contributed by atoms with Crippen LogP contribution < -0.4 is 10.0 Å². The van der Waals surface area contributed by atoms with E-state index in [2.05, 4.69) is 10.0 Å². The molecule has 0 aromatic heterocycles. The summed E-state index contributed by atoms with van der Waals surface area (Å²) < 4.78 is 33.6. The van der Waals surface area contributed by atoms with Crippen molar-refractivity contribution in [3.8, 4) is 0 Å². The van der Waals surface area contributed by atoms with E-state index in [0.29, 0.717) is 18.8 Å². The van der Waals surface area contributed by atoms with E-state index in [1.165, 1.54) is 18.2 Å². The van der Waals surface area contributed by atoms with Gasteiger partial charge >= 0.3 is 5.97 Å². The number of carboxylic acids is 1. The van der Waals surface area contributed by atoms with Gasteiger partial charge in [0.05, 0.1) is 17.4 Å². The van der Waals surface area contributed by atoms with Crippen LogP contribution in [0.2, 0.25) is 0 Å². The van der Waals surface area contributed by atoms with Crippen molar-refractivity contribution in [3.63, 3.8) is 0 Å². The lowest BCUT2D eigenvalue weighted by molar-refractivity contribution is 0.0696. The normalized spacial score (nSPS) is 17.0. The summed E-state index contributed by atoms with van der Waals surface area (Å²) in [6.45, 7) is 1.21. The molecule has 1 saturated heterocycles. The molecule has 0 unspecified atom stereocenters. The highest BCUT2D eigenvalue weighted by atomic mass is 32.2. The minimum absolute atomic E-state index is 0.0854. The number of nitrogens with one attached hydrogen (secondary N) is 2. The molecule has 0 saturated carbocycles. The van der Waals surface area contributed by atoms with E-state index in [0.717, 1.165) is 18.4 Å². The standard InChI is InChI=1S/C19H22N2O5S/c22-19(23)15-8-9-17(20-12-14-5-2-1-3-6-14)18(11-15)27(24,25)21-13-16-7-4-10-26-16/h1-3,5-6,8-9,11,16,20-21H,4,7,10,12-13H2,(H,22,23)/t16-/m0/s1. The molecule has 2 aromatic carbocycles. The van der Waals surface area contributed by atoms with E-state index in [4.69, 9.17) is 4.74 Å². The molecule has 0 amide bonds. The largest absolute Gasteiger partial charge is 0.478 e. The van der Waals surface area contributed by atoms with Crippen LogP contribution in [0.5, 0.6) is 0 Å². The molecule has 1 aliphatic heterocycles. The Morgan fingerprint density at radius 2 is 1.96 bits per heavy atom. The fraction of sp³-hybridized carbons (Fsp3) is 0.316. The molecule has 3 rings (SSSR count). The minimum Gasteiger partial charge on any atom is -0.478 e. The van der Waals surface area contributed by atoms with Gasteiger partial charge in [0.15, 0.2) is 0 Å². The Morgan fingerprint density at radius 1 is 1.19 bits per heavy atom. The zero-order valence-corrected chi connectivity index (χ0v) is 15.5. The average molecular weight is 390 g/mol. The maximum Gasteiger partial charge on any atom is 0.335 e. The number of anilines is 1. The Hall–Kier alpha value is -2.42. The second-order valence-electron chi connectivity index (χ2n) is 6.34. The number of benzene rings is 2. The number of ether oxygens (including phenoxy) is 1. The van der Waals surface area contributed by atoms with Crippen molar-refractivity contribution in [2.24, 2.45) is 0 Å². The van der Waals surface area contributed by atoms with Gasteiger partial charge < -0.3 is 15.2 Å². The molecule has 27 heavy (non-hydrogen) atoms. The lowest BCUT2D eigenvalue weighted by atomic mass is 10.2. The van der Waals surface area contributed by atoms with Crippen molar-refractivity contribution >= 4 is 21.7 Å². The van der Waals surface area contributed by atoms with Crippen LogP contribution in [0, 0.1) is 0 Å². The minimum atomic E-state index is -3.89. The molecule has 8 heteroatoms. The molecule has 3 N–H and O–H groups in total. The van der Waals surface area contributed by atoms with Gasteiger partial charge in [-0.3, -0.25) is 0 Å². The van der Waals surface area contributed by atoms with Crippen LogP contribution in [-0.4, -0.2) is 38.7 Å². The first kappa shape index (κ1) is 19.3. The predicted molar refractivity (Wildman–Crippen MR) is 101 cm³/mol. The molecule has 0 bridgehead atoms.